The first-order valence-electron chi connectivity index (χ1n) is 3.79. The fourth-order valence-corrected chi connectivity index (χ4v) is 1.61. The quantitative estimate of drug-likeness (QED) is 0.788. The Morgan fingerprint density at radius 3 is 2.07 bits per heavy atom. The van der Waals surface area contributed by atoms with Crippen molar-refractivity contribution >= 4 is 59.4 Å². The maximum atomic E-state index is 8.62. The van der Waals surface area contributed by atoms with E-state index in [2.05, 4.69) is 0 Å². The van der Waals surface area contributed by atoms with Crippen LogP contribution >= 0.6 is 23.2 Å². The van der Waals surface area contributed by atoms with E-state index < -0.39 is 0 Å². The molecule has 1 nitrogen and oxygen atoms in total. The fraction of sp³-hybridized carbons (Fsp3) is 0.333. The van der Waals surface area contributed by atoms with Gasteiger partial charge in [-0.25, -0.2) is 0 Å². The first kappa shape index (κ1) is 17.3. The zero-order chi connectivity index (χ0) is 8.97. The second-order valence-electron chi connectivity index (χ2n) is 2.53. The Morgan fingerprint density at radius 1 is 1.14 bits per heavy atom. The molecule has 0 aromatic heterocycles. The zero-order valence-corrected chi connectivity index (χ0v) is 8.07. The Labute approximate surface area is 117 Å². The summed E-state index contributed by atoms with van der Waals surface area (Å²) < 4.78 is 0. The predicted octanol–water partition coefficient (Wildman–Crippen LogP) is 1.09. The molecule has 1 rings (SSSR count). The van der Waals surface area contributed by atoms with Gasteiger partial charge < -0.3 is 5.11 Å². The van der Waals surface area contributed by atoms with Gasteiger partial charge in [-0.05, 0) is 30.5 Å². The molecular formula is C9H14AlCl2LiO. The summed E-state index contributed by atoms with van der Waals surface area (Å²) in [6.45, 7) is 0.168. The van der Waals surface area contributed by atoms with E-state index >= 15 is 0 Å². The topological polar surface area (TPSA) is 20.2 Å². The first-order chi connectivity index (χ1) is 5.75. The molecule has 0 amide bonds. The van der Waals surface area contributed by atoms with Crippen molar-refractivity contribution in [3.63, 3.8) is 0 Å². The summed E-state index contributed by atoms with van der Waals surface area (Å²) in [6.07, 6.45) is 1.43. The molecule has 0 aliphatic heterocycles. The van der Waals surface area contributed by atoms with Gasteiger partial charge in [-0.3, -0.25) is 0 Å². The van der Waals surface area contributed by atoms with E-state index in [4.69, 9.17) is 28.3 Å². The second kappa shape index (κ2) is 9.14. The molecule has 0 heterocycles. The zero-order valence-electron chi connectivity index (χ0n) is 6.56. The molecule has 14 heavy (non-hydrogen) atoms. The van der Waals surface area contributed by atoms with Crippen molar-refractivity contribution in [2.75, 3.05) is 6.61 Å². The van der Waals surface area contributed by atoms with Gasteiger partial charge >= 0.3 is 18.9 Å². The van der Waals surface area contributed by atoms with E-state index in [1.807, 2.05) is 6.07 Å². The molecule has 0 spiro atoms. The molecule has 74 valence electrons. The number of aliphatic hydroxyl groups excluding tert-OH is 1. The molecule has 0 unspecified atom stereocenters. The minimum atomic E-state index is 0. The Morgan fingerprint density at radius 2 is 1.64 bits per heavy atom. The van der Waals surface area contributed by atoms with Gasteiger partial charge in [0.05, 0.1) is 0 Å². The van der Waals surface area contributed by atoms with Gasteiger partial charge in [-0.2, -0.15) is 0 Å². The molecule has 5 heteroatoms. The van der Waals surface area contributed by atoms with Gasteiger partial charge in [0.1, 0.15) is 0 Å². The summed E-state index contributed by atoms with van der Waals surface area (Å²) in [5.74, 6) is 0. The van der Waals surface area contributed by atoms with E-state index in [9.17, 15) is 0 Å². The SMILES string of the molecule is OCCCc1c(Cl)cccc1Cl.[AlH3].[LiH]. The third-order valence-electron chi connectivity index (χ3n) is 1.65. The third-order valence-corrected chi connectivity index (χ3v) is 2.35. The average Bonchev–Trinajstić information content (AvgIpc) is 2.04. The molecule has 0 radical (unpaired) electrons. The predicted molar refractivity (Wildman–Crippen MR) is 69.0 cm³/mol. The van der Waals surface area contributed by atoms with Crippen molar-refractivity contribution in [2.24, 2.45) is 0 Å². The molecule has 0 saturated carbocycles. The van der Waals surface area contributed by atoms with Crippen LogP contribution in [0.3, 0.4) is 0 Å². The van der Waals surface area contributed by atoms with Gasteiger partial charge in [0, 0.05) is 16.7 Å². The van der Waals surface area contributed by atoms with E-state index in [0.29, 0.717) is 16.5 Å². The van der Waals surface area contributed by atoms with Gasteiger partial charge in [0.2, 0.25) is 0 Å². The van der Waals surface area contributed by atoms with E-state index in [1.165, 1.54) is 0 Å². The van der Waals surface area contributed by atoms with Crippen molar-refractivity contribution in [1.29, 1.82) is 0 Å². The van der Waals surface area contributed by atoms with Gasteiger partial charge in [0.25, 0.3) is 0 Å². The summed E-state index contributed by atoms with van der Waals surface area (Å²) in [6, 6.07) is 5.42. The fourth-order valence-electron chi connectivity index (χ4n) is 1.03. The van der Waals surface area contributed by atoms with Gasteiger partial charge in [-0.1, -0.05) is 29.3 Å². The van der Waals surface area contributed by atoms with Crippen molar-refractivity contribution in [1.82, 2.24) is 0 Å². The molecule has 1 aromatic rings. The van der Waals surface area contributed by atoms with E-state index in [1.54, 1.807) is 12.1 Å². The van der Waals surface area contributed by atoms with Crippen molar-refractivity contribution < 1.29 is 5.11 Å². The first-order valence-corrected chi connectivity index (χ1v) is 4.55. The second-order valence-corrected chi connectivity index (χ2v) is 3.34. The number of hydrogen-bond acceptors (Lipinski definition) is 1. The molecule has 0 saturated heterocycles. The average molecular weight is 243 g/mol. The Bertz CT molecular complexity index is 251. The Hall–Kier alpha value is 0.890. The van der Waals surface area contributed by atoms with Crippen LogP contribution in [0.4, 0.5) is 0 Å². The van der Waals surface area contributed by atoms with Crippen LogP contribution in [-0.2, 0) is 6.42 Å². The van der Waals surface area contributed by atoms with E-state index in [-0.39, 0.29) is 42.8 Å². The molecular weight excluding hydrogens is 229 g/mol. The summed E-state index contributed by atoms with van der Waals surface area (Å²) in [5, 5.41) is 9.98. The van der Waals surface area contributed by atoms with Crippen molar-refractivity contribution in [3.8, 4) is 0 Å². The molecule has 0 bridgehead atoms. The van der Waals surface area contributed by atoms with Crippen LogP contribution in [0, 0.1) is 0 Å². The number of benzene rings is 1. The van der Waals surface area contributed by atoms with Gasteiger partial charge in [0.15, 0.2) is 17.4 Å². The van der Waals surface area contributed by atoms with Crippen LogP contribution in [0.25, 0.3) is 0 Å². The third kappa shape index (κ3) is 5.11. The number of hydrogen-bond donors (Lipinski definition) is 1. The molecule has 0 atom stereocenters. The van der Waals surface area contributed by atoms with Crippen LogP contribution in [0.15, 0.2) is 18.2 Å². The van der Waals surface area contributed by atoms with Crippen LogP contribution in [0.2, 0.25) is 10.0 Å². The summed E-state index contributed by atoms with van der Waals surface area (Å²) in [4.78, 5) is 0. The number of aliphatic hydroxyl groups is 1. The van der Waals surface area contributed by atoms with Crippen LogP contribution in [0.5, 0.6) is 0 Å². The molecule has 1 N–H and O–H groups in total. The standard InChI is InChI=1S/C9H10Cl2O.Al.Li.4H/c10-8-4-1-5-9(11)7(8)3-2-6-12;;;;;;/h1,4-5,12H,2-3,6H2;;;;;;. The minimum absolute atomic E-state index is 0. The number of halogens is 2. The monoisotopic (exact) mass is 242 g/mol. The molecule has 0 aliphatic rings. The van der Waals surface area contributed by atoms with Crippen LogP contribution < -0.4 is 0 Å². The Kier molecular flexibility index (Phi) is 11.3. The molecule has 0 fully saturated rings. The summed E-state index contributed by atoms with van der Waals surface area (Å²) in [5.41, 5.74) is 0.926. The van der Waals surface area contributed by atoms with Crippen LogP contribution in [-0.4, -0.2) is 47.9 Å². The van der Waals surface area contributed by atoms with Crippen molar-refractivity contribution in [3.05, 3.63) is 33.8 Å². The normalized spacial score (nSPS) is 8.79. The van der Waals surface area contributed by atoms with Gasteiger partial charge in [-0.15, -0.1) is 0 Å². The van der Waals surface area contributed by atoms with Crippen molar-refractivity contribution in [2.45, 2.75) is 12.8 Å². The Balaban J connectivity index is 0. The van der Waals surface area contributed by atoms with Crippen LogP contribution in [0.1, 0.15) is 12.0 Å². The molecule has 0 aliphatic carbocycles. The summed E-state index contributed by atoms with van der Waals surface area (Å²) >= 11 is 11.8. The van der Waals surface area contributed by atoms with E-state index in [0.717, 1.165) is 12.0 Å². The number of rotatable bonds is 3. The summed E-state index contributed by atoms with van der Waals surface area (Å²) in [7, 11) is 0. The maximum absolute atomic E-state index is 8.62. The molecule has 1 aromatic carbocycles.